The predicted octanol–water partition coefficient (Wildman–Crippen LogP) is 2.80. The van der Waals surface area contributed by atoms with E-state index in [0.717, 1.165) is 18.6 Å². The van der Waals surface area contributed by atoms with Crippen molar-refractivity contribution in [2.24, 2.45) is 0 Å². The van der Waals surface area contributed by atoms with Crippen LogP contribution in [0.15, 0.2) is 18.2 Å². The van der Waals surface area contributed by atoms with Crippen LogP contribution in [0.4, 0.5) is 13.2 Å². The Balaban J connectivity index is 3.15. The fourth-order valence-corrected chi connectivity index (χ4v) is 1.06. The Morgan fingerprint density at radius 3 is 2.50 bits per heavy atom. The second-order valence-corrected chi connectivity index (χ2v) is 2.73. The largest absolute Gasteiger partial charge is 0.423 e. The van der Waals surface area contributed by atoms with Gasteiger partial charge in [0.1, 0.15) is 5.75 Å². The van der Waals surface area contributed by atoms with E-state index in [1.165, 1.54) is 0 Å². The van der Waals surface area contributed by atoms with E-state index in [0.29, 0.717) is 6.07 Å². The van der Waals surface area contributed by atoms with Crippen LogP contribution in [0.5, 0.6) is 5.75 Å². The molecule has 6 heteroatoms. The molecule has 1 rings (SSSR count). The first kappa shape index (κ1) is 10.8. The van der Waals surface area contributed by atoms with E-state index in [9.17, 15) is 18.0 Å². The van der Waals surface area contributed by atoms with Crippen molar-refractivity contribution < 1.29 is 22.7 Å². The van der Waals surface area contributed by atoms with Crippen molar-refractivity contribution in [2.75, 3.05) is 0 Å². The van der Waals surface area contributed by atoms with Gasteiger partial charge in [-0.05, 0) is 18.2 Å². The molecular formula is C8H3ClF3O2. The van der Waals surface area contributed by atoms with Crippen LogP contribution in [0.1, 0.15) is 5.56 Å². The van der Waals surface area contributed by atoms with Crippen LogP contribution in [0.25, 0.3) is 0 Å². The maximum absolute atomic E-state index is 12.2. The first-order valence-corrected chi connectivity index (χ1v) is 3.73. The molecule has 1 aromatic rings. The van der Waals surface area contributed by atoms with E-state index >= 15 is 0 Å². The fourth-order valence-electron chi connectivity index (χ4n) is 0.833. The quantitative estimate of drug-likeness (QED) is 0.771. The molecular weight excluding hydrogens is 221 g/mol. The lowest BCUT2D eigenvalue weighted by Crippen LogP contribution is -2.06. The molecule has 0 saturated carbocycles. The van der Waals surface area contributed by atoms with Gasteiger partial charge in [0.05, 0.1) is 10.6 Å². The minimum absolute atomic E-state index is 0.253. The van der Waals surface area contributed by atoms with Crippen LogP contribution in [0.2, 0.25) is 5.02 Å². The monoisotopic (exact) mass is 223 g/mol. The second-order valence-electron chi connectivity index (χ2n) is 2.32. The summed E-state index contributed by atoms with van der Waals surface area (Å²) in [6.45, 7) is 1.02. The molecule has 0 N–H and O–H groups in total. The van der Waals surface area contributed by atoms with Crippen LogP contribution in [0, 0.1) is 0 Å². The predicted molar refractivity (Wildman–Crippen MR) is 42.8 cm³/mol. The molecule has 0 amide bonds. The van der Waals surface area contributed by atoms with Gasteiger partial charge in [0.15, 0.2) is 0 Å². The molecule has 0 heterocycles. The molecule has 0 unspecified atom stereocenters. The highest BCUT2D eigenvalue weighted by atomic mass is 35.5. The molecule has 0 fully saturated rings. The first-order valence-electron chi connectivity index (χ1n) is 3.36. The van der Waals surface area contributed by atoms with Crippen molar-refractivity contribution in [2.45, 2.75) is 6.18 Å². The lowest BCUT2D eigenvalue weighted by molar-refractivity contribution is -0.137. The smallest absolute Gasteiger partial charge is 0.418 e. The van der Waals surface area contributed by atoms with Crippen LogP contribution in [0.3, 0.4) is 0 Å². The van der Waals surface area contributed by atoms with Crippen LogP contribution < -0.4 is 4.74 Å². The molecule has 1 aromatic carbocycles. The van der Waals surface area contributed by atoms with E-state index < -0.39 is 16.8 Å². The van der Waals surface area contributed by atoms with Gasteiger partial charge in [0.25, 0.3) is 0 Å². The average molecular weight is 224 g/mol. The fraction of sp³-hybridized carbons (Fsp3) is 0.125. The lowest BCUT2D eigenvalue weighted by atomic mass is 10.2. The standard InChI is InChI=1S/C8H3ClF3O2/c9-7-2-1-5(14-4-13)3-6(7)8(10,11)12/h1-3H. The second kappa shape index (κ2) is 3.88. The van der Waals surface area contributed by atoms with Crippen molar-refractivity contribution in [1.29, 1.82) is 0 Å². The van der Waals surface area contributed by atoms with Crippen LogP contribution >= 0.6 is 11.6 Å². The minimum atomic E-state index is -4.57. The van der Waals surface area contributed by atoms with Crippen molar-refractivity contribution in [3.05, 3.63) is 28.8 Å². The Morgan fingerprint density at radius 2 is 2.00 bits per heavy atom. The van der Waals surface area contributed by atoms with Crippen LogP contribution in [-0.2, 0) is 11.0 Å². The van der Waals surface area contributed by atoms with Gasteiger partial charge in [-0.1, -0.05) is 11.6 Å². The Hall–Kier alpha value is -1.23. The molecule has 0 aliphatic rings. The van der Waals surface area contributed by atoms with Crippen LogP contribution in [-0.4, -0.2) is 6.47 Å². The maximum atomic E-state index is 12.2. The van der Waals surface area contributed by atoms with Gasteiger partial charge in [-0.3, -0.25) is 0 Å². The SMILES string of the molecule is O=[C]Oc1ccc(Cl)c(C(F)(F)F)c1. The molecule has 0 aliphatic carbocycles. The zero-order chi connectivity index (χ0) is 10.8. The molecule has 1 radical (unpaired) electrons. The zero-order valence-corrected chi connectivity index (χ0v) is 7.32. The number of halogens is 4. The Labute approximate surface area is 82.2 Å². The van der Waals surface area contributed by atoms with Gasteiger partial charge in [0, 0.05) is 0 Å². The number of carbonyl (C=O) groups excluding carboxylic acids is 1. The summed E-state index contributed by atoms with van der Waals surface area (Å²) in [6.07, 6.45) is -4.57. The van der Waals surface area contributed by atoms with Crippen molar-refractivity contribution in [1.82, 2.24) is 0 Å². The highest BCUT2D eigenvalue weighted by molar-refractivity contribution is 6.31. The van der Waals surface area contributed by atoms with E-state index in [1.54, 1.807) is 0 Å². The minimum Gasteiger partial charge on any atom is -0.418 e. The number of ether oxygens (including phenoxy) is 1. The summed E-state index contributed by atoms with van der Waals surface area (Å²) in [5.41, 5.74) is -1.05. The van der Waals surface area contributed by atoms with Crippen molar-refractivity contribution >= 4 is 18.1 Å². The Morgan fingerprint density at radius 1 is 1.36 bits per heavy atom. The van der Waals surface area contributed by atoms with E-state index in [4.69, 9.17) is 11.6 Å². The van der Waals surface area contributed by atoms with Gasteiger partial charge >= 0.3 is 12.6 Å². The summed E-state index contributed by atoms with van der Waals surface area (Å²) in [5.74, 6) is -0.253. The molecule has 0 aliphatic heterocycles. The summed E-state index contributed by atoms with van der Waals surface area (Å²) >= 11 is 5.31. The summed E-state index contributed by atoms with van der Waals surface area (Å²) in [7, 11) is 0. The highest BCUT2D eigenvalue weighted by Crippen LogP contribution is 2.36. The molecule has 2 nitrogen and oxygen atoms in total. The van der Waals surface area contributed by atoms with Gasteiger partial charge in [-0.15, -0.1) is 0 Å². The van der Waals surface area contributed by atoms with Gasteiger partial charge in [-0.25, -0.2) is 4.79 Å². The van der Waals surface area contributed by atoms with E-state index in [2.05, 4.69) is 4.74 Å². The molecule has 75 valence electrons. The first-order chi connectivity index (χ1) is 6.45. The third-order valence-corrected chi connectivity index (χ3v) is 1.73. The normalized spacial score (nSPS) is 11.1. The zero-order valence-electron chi connectivity index (χ0n) is 6.56. The summed E-state index contributed by atoms with van der Waals surface area (Å²) in [4.78, 5) is 9.76. The van der Waals surface area contributed by atoms with Crippen molar-refractivity contribution in [3.63, 3.8) is 0 Å². The molecule has 0 aromatic heterocycles. The topological polar surface area (TPSA) is 26.3 Å². The molecule has 0 spiro atoms. The molecule has 0 bridgehead atoms. The average Bonchev–Trinajstić information content (AvgIpc) is 2.07. The number of hydrogen-bond donors (Lipinski definition) is 0. The lowest BCUT2D eigenvalue weighted by Gasteiger charge is -2.09. The van der Waals surface area contributed by atoms with Crippen molar-refractivity contribution in [3.8, 4) is 5.75 Å². The van der Waals surface area contributed by atoms with Gasteiger partial charge < -0.3 is 4.74 Å². The van der Waals surface area contributed by atoms with E-state index in [-0.39, 0.29) is 5.75 Å². The third-order valence-electron chi connectivity index (χ3n) is 1.40. The number of rotatable bonds is 2. The highest BCUT2D eigenvalue weighted by Gasteiger charge is 2.33. The Bertz CT molecular complexity index is 349. The summed E-state index contributed by atoms with van der Waals surface area (Å²) in [6, 6.07) is 2.77. The Kier molecular flexibility index (Phi) is 3.00. The molecule has 14 heavy (non-hydrogen) atoms. The number of hydrogen-bond acceptors (Lipinski definition) is 2. The summed E-state index contributed by atoms with van der Waals surface area (Å²) < 4.78 is 40.8. The van der Waals surface area contributed by atoms with Gasteiger partial charge in [0.2, 0.25) is 0 Å². The summed E-state index contributed by atoms with van der Waals surface area (Å²) in [5, 5.41) is -0.448. The third kappa shape index (κ3) is 2.38. The molecule has 0 atom stereocenters. The molecule has 0 saturated heterocycles. The van der Waals surface area contributed by atoms with E-state index in [1.807, 2.05) is 0 Å². The number of alkyl halides is 3. The van der Waals surface area contributed by atoms with Gasteiger partial charge in [-0.2, -0.15) is 13.2 Å². The number of benzene rings is 1. The maximum Gasteiger partial charge on any atom is 0.423 e.